The highest BCUT2D eigenvalue weighted by atomic mass is 32.2. The van der Waals surface area contributed by atoms with Crippen molar-refractivity contribution >= 4 is 17.5 Å². The highest BCUT2D eigenvalue weighted by molar-refractivity contribution is 8.02. The normalized spacial score (nSPS) is 38.1. The molecule has 0 aromatic rings. The van der Waals surface area contributed by atoms with E-state index in [4.69, 9.17) is 4.74 Å². The molecule has 0 amide bonds. The number of carbonyl (C=O) groups excluding carboxylic acids is 1. The Bertz CT molecular complexity index is 169. The van der Waals surface area contributed by atoms with Crippen molar-refractivity contribution in [2.75, 3.05) is 6.61 Å². The molecule has 1 rings (SSSR count). The first-order chi connectivity index (χ1) is 5.07. The van der Waals surface area contributed by atoms with Gasteiger partial charge in [-0.3, -0.25) is 4.79 Å². The van der Waals surface area contributed by atoms with Gasteiger partial charge in [0, 0.05) is 13.0 Å². The SMILES string of the molecule is CCOC1(C)CC(=O)C(C)S1. The van der Waals surface area contributed by atoms with Crippen LogP contribution in [0.25, 0.3) is 0 Å². The fraction of sp³-hybridized carbons (Fsp3) is 0.875. The lowest BCUT2D eigenvalue weighted by Crippen LogP contribution is -2.21. The first-order valence-electron chi connectivity index (χ1n) is 3.92. The molecule has 0 radical (unpaired) electrons. The predicted molar refractivity (Wildman–Crippen MR) is 46.7 cm³/mol. The molecular weight excluding hydrogens is 160 g/mol. The van der Waals surface area contributed by atoms with E-state index >= 15 is 0 Å². The van der Waals surface area contributed by atoms with Crippen LogP contribution in [0.1, 0.15) is 27.2 Å². The molecule has 0 saturated carbocycles. The summed E-state index contributed by atoms with van der Waals surface area (Å²) in [4.78, 5) is 10.9. The number of ketones is 1. The van der Waals surface area contributed by atoms with Crippen LogP contribution in [0.15, 0.2) is 0 Å². The maximum Gasteiger partial charge on any atom is 0.149 e. The fourth-order valence-electron chi connectivity index (χ4n) is 1.33. The van der Waals surface area contributed by atoms with Gasteiger partial charge in [0.1, 0.15) is 10.7 Å². The molecule has 0 spiro atoms. The average Bonchev–Trinajstić information content (AvgIpc) is 2.08. The molecule has 1 aliphatic heterocycles. The second kappa shape index (κ2) is 3.15. The van der Waals surface area contributed by atoms with Crippen LogP contribution in [0.4, 0.5) is 0 Å². The van der Waals surface area contributed by atoms with Crippen molar-refractivity contribution in [3.63, 3.8) is 0 Å². The van der Waals surface area contributed by atoms with Crippen LogP contribution < -0.4 is 0 Å². The molecular formula is C8H14O2S. The maximum absolute atomic E-state index is 11.2. The second-order valence-electron chi connectivity index (χ2n) is 2.97. The third-order valence-corrected chi connectivity index (χ3v) is 3.20. The topological polar surface area (TPSA) is 26.3 Å². The Labute approximate surface area is 71.7 Å². The summed E-state index contributed by atoms with van der Waals surface area (Å²) >= 11 is 1.63. The van der Waals surface area contributed by atoms with Crippen LogP contribution in [-0.4, -0.2) is 22.6 Å². The van der Waals surface area contributed by atoms with Gasteiger partial charge in [-0.15, -0.1) is 11.8 Å². The van der Waals surface area contributed by atoms with Gasteiger partial charge in [-0.25, -0.2) is 0 Å². The minimum Gasteiger partial charge on any atom is -0.364 e. The van der Waals surface area contributed by atoms with Crippen molar-refractivity contribution in [1.29, 1.82) is 0 Å². The van der Waals surface area contributed by atoms with Gasteiger partial charge in [0.05, 0.1) is 5.25 Å². The van der Waals surface area contributed by atoms with Gasteiger partial charge < -0.3 is 4.74 Å². The van der Waals surface area contributed by atoms with E-state index in [9.17, 15) is 4.79 Å². The third-order valence-electron chi connectivity index (χ3n) is 1.82. The number of hydrogen-bond acceptors (Lipinski definition) is 3. The molecule has 0 bridgehead atoms. The lowest BCUT2D eigenvalue weighted by atomic mass is 10.1. The highest BCUT2D eigenvalue weighted by Gasteiger charge is 2.40. The van der Waals surface area contributed by atoms with Crippen LogP contribution in [0.5, 0.6) is 0 Å². The molecule has 2 atom stereocenters. The summed E-state index contributed by atoms with van der Waals surface area (Å²) in [6, 6.07) is 0. The van der Waals surface area contributed by atoms with Crippen LogP contribution in [0, 0.1) is 0 Å². The Morgan fingerprint density at radius 2 is 2.45 bits per heavy atom. The van der Waals surface area contributed by atoms with E-state index in [0.717, 1.165) is 0 Å². The summed E-state index contributed by atoms with van der Waals surface area (Å²) < 4.78 is 5.47. The van der Waals surface area contributed by atoms with E-state index in [1.807, 2.05) is 20.8 Å². The Morgan fingerprint density at radius 1 is 1.82 bits per heavy atom. The fourth-order valence-corrected chi connectivity index (χ4v) is 2.71. The molecule has 3 heteroatoms. The molecule has 1 aliphatic rings. The summed E-state index contributed by atoms with van der Waals surface area (Å²) in [6.45, 7) is 6.57. The minimum absolute atomic E-state index is 0.117. The van der Waals surface area contributed by atoms with Crippen molar-refractivity contribution in [2.45, 2.75) is 37.4 Å². The van der Waals surface area contributed by atoms with Crippen molar-refractivity contribution < 1.29 is 9.53 Å². The van der Waals surface area contributed by atoms with Crippen molar-refractivity contribution in [3.8, 4) is 0 Å². The van der Waals surface area contributed by atoms with Crippen molar-refractivity contribution in [2.24, 2.45) is 0 Å². The van der Waals surface area contributed by atoms with Gasteiger partial charge in [0.15, 0.2) is 0 Å². The lowest BCUT2D eigenvalue weighted by molar-refractivity contribution is -0.120. The largest absolute Gasteiger partial charge is 0.364 e. The molecule has 0 N–H and O–H groups in total. The molecule has 2 unspecified atom stereocenters. The molecule has 0 aromatic carbocycles. The smallest absolute Gasteiger partial charge is 0.149 e. The number of carbonyl (C=O) groups is 1. The molecule has 1 saturated heterocycles. The number of ether oxygens (including phenoxy) is 1. The highest BCUT2D eigenvalue weighted by Crippen LogP contribution is 2.41. The zero-order valence-corrected chi connectivity index (χ0v) is 8.03. The first kappa shape index (κ1) is 9.07. The molecule has 64 valence electrons. The Balaban J connectivity index is 2.56. The Morgan fingerprint density at radius 3 is 2.82 bits per heavy atom. The standard InChI is InChI=1S/C8H14O2S/c1-4-10-8(3)5-7(9)6(2)11-8/h6H,4-5H2,1-3H3. The van der Waals surface area contributed by atoms with E-state index in [0.29, 0.717) is 18.8 Å². The molecule has 0 aliphatic carbocycles. The molecule has 1 heterocycles. The van der Waals surface area contributed by atoms with Crippen LogP contribution in [0.2, 0.25) is 0 Å². The van der Waals surface area contributed by atoms with Crippen LogP contribution >= 0.6 is 11.8 Å². The van der Waals surface area contributed by atoms with Crippen molar-refractivity contribution in [3.05, 3.63) is 0 Å². The van der Waals surface area contributed by atoms with E-state index < -0.39 is 0 Å². The predicted octanol–water partition coefficient (Wildman–Crippen LogP) is 1.83. The van der Waals surface area contributed by atoms with Gasteiger partial charge >= 0.3 is 0 Å². The Hall–Kier alpha value is -0.0200. The summed E-state index contributed by atoms with van der Waals surface area (Å²) in [5, 5.41) is 0.117. The second-order valence-corrected chi connectivity index (χ2v) is 4.78. The molecule has 0 aromatic heterocycles. The van der Waals surface area contributed by atoms with Gasteiger partial charge in [0.2, 0.25) is 0 Å². The first-order valence-corrected chi connectivity index (χ1v) is 4.80. The van der Waals surface area contributed by atoms with Gasteiger partial charge in [0.25, 0.3) is 0 Å². The maximum atomic E-state index is 11.2. The minimum atomic E-state index is -0.245. The Kier molecular flexibility index (Phi) is 2.60. The lowest BCUT2D eigenvalue weighted by Gasteiger charge is -2.21. The zero-order valence-electron chi connectivity index (χ0n) is 7.22. The summed E-state index contributed by atoms with van der Waals surface area (Å²) in [5.74, 6) is 0.311. The third kappa shape index (κ3) is 1.97. The monoisotopic (exact) mass is 174 g/mol. The number of thioether (sulfide) groups is 1. The number of Topliss-reactive ketones (excluding diaryl/α,β-unsaturated/α-hetero) is 1. The van der Waals surface area contributed by atoms with Crippen LogP contribution in [-0.2, 0) is 9.53 Å². The summed E-state index contributed by atoms with van der Waals surface area (Å²) in [7, 11) is 0. The van der Waals surface area contributed by atoms with E-state index in [-0.39, 0.29) is 10.2 Å². The van der Waals surface area contributed by atoms with Crippen LogP contribution in [0.3, 0.4) is 0 Å². The summed E-state index contributed by atoms with van der Waals surface area (Å²) in [5.41, 5.74) is 0. The number of rotatable bonds is 2. The molecule has 1 fully saturated rings. The van der Waals surface area contributed by atoms with Gasteiger partial charge in [-0.1, -0.05) is 0 Å². The quantitative estimate of drug-likeness (QED) is 0.639. The number of hydrogen-bond donors (Lipinski definition) is 0. The van der Waals surface area contributed by atoms with E-state index in [2.05, 4.69) is 0 Å². The summed E-state index contributed by atoms with van der Waals surface area (Å²) in [6.07, 6.45) is 0.562. The van der Waals surface area contributed by atoms with Crippen molar-refractivity contribution in [1.82, 2.24) is 0 Å². The van der Waals surface area contributed by atoms with Gasteiger partial charge in [-0.05, 0) is 20.8 Å². The van der Waals surface area contributed by atoms with E-state index in [1.165, 1.54) is 0 Å². The average molecular weight is 174 g/mol. The van der Waals surface area contributed by atoms with Gasteiger partial charge in [-0.2, -0.15) is 0 Å². The zero-order chi connectivity index (χ0) is 8.48. The molecule has 11 heavy (non-hydrogen) atoms. The molecule has 2 nitrogen and oxygen atoms in total. The van der Waals surface area contributed by atoms with E-state index in [1.54, 1.807) is 11.8 Å².